The van der Waals surface area contributed by atoms with Gasteiger partial charge in [-0.15, -0.1) is 0 Å². The Balaban J connectivity index is 1.34. The molecule has 2 atom stereocenters. The van der Waals surface area contributed by atoms with E-state index in [4.69, 9.17) is 13.2 Å². The van der Waals surface area contributed by atoms with Crippen LogP contribution in [0.3, 0.4) is 0 Å². The maximum atomic E-state index is 13.2. The fourth-order valence-corrected chi connectivity index (χ4v) is 3.94. The van der Waals surface area contributed by atoms with Gasteiger partial charge in [-0.3, -0.25) is 4.68 Å². The fraction of sp³-hybridized carbons (Fsp3) is 0.385. The molecule has 34 heavy (non-hydrogen) atoms. The van der Waals surface area contributed by atoms with Crippen LogP contribution in [0.15, 0.2) is 48.9 Å². The van der Waals surface area contributed by atoms with Gasteiger partial charge in [0.2, 0.25) is 0 Å². The molecule has 5 rings (SSSR count). The fourth-order valence-electron chi connectivity index (χ4n) is 3.94. The second-order valence-electron chi connectivity index (χ2n) is 8.98. The molecule has 0 radical (unpaired) electrons. The summed E-state index contributed by atoms with van der Waals surface area (Å²) in [6, 6.07) is 8.35. The second-order valence-corrected chi connectivity index (χ2v) is 8.98. The highest BCUT2D eigenvalue weighted by molar-refractivity contribution is 5.65. The summed E-state index contributed by atoms with van der Waals surface area (Å²) in [7, 11) is 2.12. The van der Waals surface area contributed by atoms with Crippen molar-refractivity contribution in [3.8, 4) is 28.7 Å². The number of piperidine rings is 1. The zero-order valence-electron chi connectivity index (χ0n) is 20.9. The van der Waals surface area contributed by atoms with Gasteiger partial charge in [0.25, 0.3) is 0 Å². The molecule has 1 saturated carbocycles. The molecule has 8 heteroatoms. The van der Waals surface area contributed by atoms with E-state index in [-0.39, 0.29) is 23.6 Å². The first kappa shape index (κ1) is 20.0. The van der Waals surface area contributed by atoms with Gasteiger partial charge in [-0.05, 0) is 56.7 Å². The van der Waals surface area contributed by atoms with Crippen molar-refractivity contribution >= 4 is 5.82 Å². The average molecular weight is 464 g/mol. The molecular formula is C26H28FN5O2. The number of halogens is 1. The molecule has 176 valence electrons. The highest BCUT2D eigenvalue weighted by Gasteiger charge is 2.53. The van der Waals surface area contributed by atoms with Gasteiger partial charge < -0.3 is 20.5 Å². The van der Waals surface area contributed by atoms with Crippen molar-refractivity contribution in [2.75, 3.05) is 25.9 Å². The lowest BCUT2D eigenvalue weighted by Gasteiger charge is -2.28. The largest absolute Gasteiger partial charge is 0.485 e. The van der Waals surface area contributed by atoms with E-state index in [0.717, 1.165) is 31.5 Å². The summed E-state index contributed by atoms with van der Waals surface area (Å²) in [5, 5.41) is 14.4. The Kier molecular flexibility index (Phi) is 5.35. The summed E-state index contributed by atoms with van der Waals surface area (Å²) in [5.74, 6) is 5.40. The van der Waals surface area contributed by atoms with Crippen LogP contribution in [-0.2, 0) is 6.56 Å². The van der Waals surface area contributed by atoms with Gasteiger partial charge in [-0.1, -0.05) is 24.0 Å². The molecule has 1 aliphatic carbocycles. The van der Waals surface area contributed by atoms with Gasteiger partial charge in [-0.2, -0.15) is 5.10 Å². The molecule has 3 aromatic rings. The molecule has 3 heterocycles. The van der Waals surface area contributed by atoms with Crippen LogP contribution in [-0.4, -0.2) is 56.7 Å². The van der Waals surface area contributed by atoms with Crippen molar-refractivity contribution in [2.24, 2.45) is 0 Å². The molecule has 3 N–H and O–H groups in total. The van der Waals surface area contributed by atoms with Crippen LogP contribution in [0.25, 0.3) is 11.1 Å². The van der Waals surface area contributed by atoms with Crippen molar-refractivity contribution in [1.29, 1.82) is 0 Å². The monoisotopic (exact) mass is 463 g/mol. The zero-order chi connectivity index (χ0) is 25.5. The quantitative estimate of drug-likeness (QED) is 0.565. The molecule has 7 nitrogen and oxygen atoms in total. The molecule has 2 aromatic heterocycles. The van der Waals surface area contributed by atoms with Gasteiger partial charge in [0, 0.05) is 35.5 Å². The lowest BCUT2D eigenvalue weighted by atomic mass is 10.1. The van der Waals surface area contributed by atoms with E-state index in [1.807, 2.05) is 10.9 Å². The molecule has 2 unspecified atom stereocenters. The number of hydrogen-bond acceptors (Lipinski definition) is 6. The van der Waals surface area contributed by atoms with Crippen LogP contribution in [0.2, 0.25) is 0 Å². The normalized spacial score (nSPS) is 24.0. The molecule has 0 bridgehead atoms. The van der Waals surface area contributed by atoms with E-state index in [2.05, 4.69) is 33.9 Å². The van der Waals surface area contributed by atoms with E-state index < -0.39 is 18.3 Å². The third kappa shape index (κ3) is 4.91. The lowest BCUT2D eigenvalue weighted by molar-refractivity contribution is 0.176. The Morgan fingerprint density at radius 1 is 1.29 bits per heavy atom. The number of nitrogen functional groups attached to an aromatic ring is 1. The number of anilines is 1. The maximum absolute atomic E-state index is 13.2. The summed E-state index contributed by atoms with van der Waals surface area (Å²) in [6.45, 7) is -0.190. The van der Waals surface area contributed by atoms with Crippen molar-refractivity contribution in [3.05, 3.63) is 60.0 Å². The number of nitrogens with two attached hydrogens (primary N) is 1. The predicted octanol–water partition coefficient (Wildman–Crippen LogP) is 3.20. The highest BCUT2D eigenvalue weighted by atomic mass is 19.1. The SMILES string of the molecule is [2H]C([2H])(Oc1cc(-c2cnn(C3CCN(C)CC3)c2)cnc1N)c1cccc(C#CC2(O)CC2F)c1. The summed E-state index contributed by atoms with van der Waals surface area (Å²) in [5.41, 5.74) is 6.61. The van der Waals surface area contributed by atoms with Gasteiger partial charge in [0.05, 0.1) is 15.0 Å². The number of likely N-dealkylation sites (tertiary alicyclic amines) is 1. The number of benzene rings is 1. The molecule has 1 aliphatic heterocycles. The molecular weight excluding hydrogens is 433 g/mol. The summed E-state index contributed by atoms with van der Waals surface area (Å²) >= 11 is 0. The minimum absolute atomic E-state index is 0.0108. The first-order chi connectivity index (χ1) is 17.1. The van der Waals surface area contributed by atoms with Gasteiger partial charge in [-0.25, -0.2) is 9.37 Å². The van der Waals surface area contributed by atoms with Crippen LogP contribution < -0.4 is 10.5 Å². The minimum Gasteiger partial charge on any atom is -0.485 e. The zero-order valence-corrected chi connectivity index (χ0v) is 18.9. The third-order valence-electron chi connectivity index (χ3n) is 6.29. The van der Waals surface area contributed by atoms with Crippen LogP contribution in [0.5, 0.6) is 5.75 Å². The summed E-state index contributed by atoms with van der Waals surface area (Å²) in [4.78, 5) is 6.52. The maximum Gasteiger partial charge on any atom is 0.166 e. The minimum atomic E-state index is -2.25. The van der Waals surface area contributed by atoms with Gasteiger partial charge in [0.15, 0.2) is 17.2 Å². The Hall–Kier alpha value is -3.41. The van der Waals surface area contributed by atoms with Crippen molar-refractivity contribution in [1.82, 2.24) is 19.7 Å². The molecule has 2 aliphatic rings. The number of rotatable bonds is 5. The number of aromatic nitrogens is 3. The number of nitrogens with zero attached hydrogens (tertiary/aromatic N) is 4. The topological polar surface area (TPSA) is 89.4 Å². The summed E-state index contributed by atoms with van der Waals surface area (Å²) in [6.07, 6.45) is 6.06. The standard InChI is InChI=1S/C26H28FN5O2/c1-31-9-6-22(7-10-31)32-16-21(15-30-32)20-12-23(25(28)29-14-20)34-17-19-4-2-3-18(11-19)5-8-26(33)13-24(26)27/h2-4,11-12,14-16,22,24,33H,6-7,9-10,13,17H2,1H3,(H2,28,29)/i17D2. The highest BCUT2D eigenvalue weighted by Crippen LogP contribution is 2.38. The van der Waals surface area contributed by atoms with Crippen molar-refractivity contribution in [3.63, 3.8) is 0 Å². The Morgan fingerprint density at radius 3 is 2.85 bits per heavy atom. The lowest BCUT2D eigenvalue weighted by Crippen LogP contribution is -2.31. The van der Waals surface area contributed by atoms with Crippen molar-refractivity contribution < 1.29 is 17.0 Å². The van der Waals surface area contributed by atoms with Crippen LogP contribution in [0.1, 0.15) is 39.2 Å². The van der Waals surface area contributed by atoms with E-state index in [9.17, 15) is 9.50 Å². The Bertz CT molecular complexity index is 1330. The van der Waals surface area contributed by atoms with E-state index in [1.165, 1.54) is 6.07 Å². The summed E-state index contributed by atoms with van der Waals surface area (Å²) < 4.78 is 37.9. The molecule has 1 saturated heterocycles. The first-order valence-corrected chi connectivity index (χ1v) is 11.3. The number of pyridine rings is 1. The van der Waals surface area contributed by atoms with Crippen LogP contribution >= 0.6 is 0 Å². The first-order valence-electron chi connectivity index (χ1n) is 12.3. The van der Waals surface area contributed by atoms with E-state index in [0.29, 0.717) is 17.2 Å². The van der Waals surface area contributed by atoms with Gasteiger partial charge in [0.1, 0.15) is 12.7 Å². The molecule has 2 fully saturated rings. The van der Waals surface area contributed by atoms with Gasteiger partial charge >= 0.3 is 0 Å². The Morgan fingerprint density at radius 2 is 2.09 bits per heavy atom. The number of aliphatic hydroxyl groups is 1. The second kappa shape index (κ2) is 9.09. The van der Waals surface area contributed by atoms with Crippen LogP contribution in [0, 0.1) is 11.8 Å². The average Bonchev–Trinajstić information content (AvgIpc) is 3.22. The van der Waals surface area contributed by atoms with E-state index >= 15 is 0 Å². The molecule has 0 spiro atoms. The predicted molar refractivity (Wildman–Crippen MR) is 128 cm³/mol. The number of ether oxygens (including phenoxy) is 1. The third-order valence-corrected chi connectivity index (χ3v) is 6.29. The molecule has 1 aromatic carbocycles. The molecule has 0 amide bonds. The Labute approximate surface area is 201 Å². The van der Waals surface area contributed by atoms with E-state index in [1.54, 1.807) is 36.7 Å². The van der Waals surface area contributed by atoms with Crippen molar-refractivity contribution in [2.45, 2.75) is 43.6 Å². The van der Waals surface area contributed by atoms with Crippen LogP contribution in [0.4, 0.5) is 10.2 Å². The number of hydrogen-bond donors (Lipinski definition) is 2. The number of alkyl halides is 1. The smallest absolute Gasteiger partial charge is 0.166 e.